The van der Waals surface area contributed by atoms with E-state index in [4.69, 9.17) is 9.73 Å². The summed E-state index contributed by atoms with van der Waals surface area (Å²) in [5.41, 5.74) is 0.377. The van der Waals surface area contributed by atoms with Gasteiger partial charge in [0, 0.05) is 57.7 Å². The molecule has 0 aliphatic carbocycles. The molecule has 8 nitrogen and oxygen atoms in total. The largest absolute Gasteiger partial charge is 0.381 e. The highest BCUT2D eigenvalue weighted by molar-refractivity contribution is 5.80. The first kappa shape index (κ1) is 18.5. The summed E-state index contributed by atoms with van der Waals surface area (Å²) in [6.45, 7) is 8.99. The fourth-order valence-electron chi connectivity index (χ4n) is 4.51. The zero-order valence-electron chi connectivity index (χ0n) is 16.5. The van der Waals surface area contributed by atoms with Crippen LogP contribution in [0.3, 0.4) is 0 Å². The molecule has 0 bridgehead atoms. The van der Waals surface area contributed by atoms with Gasteiger partial charge in [-0.05, 0) is 39.0 Å². The Hall–Kier alpha value is -1.83. The molecule has 1 unspecified atom stereocenters. The highest BCUT2D eigenvalue weighted by atomic mass is 16.5. The maximum atomic E-state index is 12.4. The van der Waals surface area contributed by atoms with Crippen LogP contribution in [0.2, 0.25) is 0 Å². The van der Waals surface area contributed by atoms with Gasteiger partial charge in [-0.1, -0.05) is 0 Å². The molecule has 1 atom stereocenters. The van der Waals surface area contributed by atoms with Gasteiger partial charge >= 0.3 is 5.69 Å². The molecular weight excluding hydrogens is 344 g/mol. The van der Waals surface area contributed by atoms with Crippen molar-refractivity contribution in [1.82, 2.24) is 24.6 Å². The van der Waals surface area contributed by atoms with E-state index in [0.29, 0.717) is 18.5 Å². The van der Waals surface area contributed by atoms with Gasteiger partial charge in [0.1, 0.15) is 5.82 Å². The van der Waals surface area contributed by atoms with Gasteiger partial charge in [-0.25, -0.2) is 9.48 Å². The number of likely N-dealkylation sites (tertiary alicyclic amines) is 1. The van der Waals surface area contributed by atoms with Crippen LogP contribution < -0.4 is 11.0 Å². The first-order valence-electron chi connectivity index (χ1n) is 10.5. The normalized spacial score (nSPS) is 25.4. The third kappa shape index (κ3) is 3.90. The summed E-state index contributed by atoms with van der Waals surface area (Å²) in [6, 6.07) is 0. The van der Waals surface area contributed by atoms with Crippen molar-refractivity contribution in [2.45, 2.75) is 58.5 Å². The number of hydrogen-bond acceptors (Lipinski definition) is 4. The summed E-state index contributed by atoms with van der Waals surface area (Å²) in [5, 5.41) is 7.94. The standard InChI is InChI=1S/C19H32N6O2/c1-2-20-17(23-12-7-19(14-23)8-13-27-15-19)21-9-5-11-25-18(26)24-10-4-3-6-16(24)22-25/h2-15H2,1H3,(H,20,21). The molecule has 2 saturated heterocycles. The van der Waals surface area contributed by atoms with E-state index in [1.807, 2.05) is 4.57 Å². The minimum Gasteiger partial charge on any atom is -0.381 e. The van der Waals surface area contributed by atoms with E-state index < -0.39 is 0 Å². The fourth-order valence-corrected chi connectivity index (χ4v) is 4.51. The van der Waals surface area contributed by atoms with Crippen molar-refractivity contribution in [2.24, 2.45) is 10.4 Å². The van der Waals surface area contributed by atoms with E-state index in [1.54, 1.807) is 4.68 Å². The minimum atomic E-state index is 0.0447. The van der Waals surface area contributed by atoms with Gasteiger partial charge in [-0.2, -0.15) is 5.10 Å². The van der Waals surface area contributed by atoms with Crippen molar-refractivity contribution >= 4 is 5.96 Å². The van der Waals surface area contributed by atoms with Crippen LogP contribution in [-0.2, 0) is 24.2 Å². The van der Waals surface area contributed by atoms with Gasteiger partial charge in [0.15, 0.2) is 5.96 Å². The molecule has 8 heteroatoms. The SMILES string of the molecule is CCNC(=NCCCn1nc2n(c1=O)CCCC2)N1CCC2(CCOC2)C1. The lowest BCUT2D eigenvalue weighted by Crippen LogP contribution is -2.41. The monoisotopic (exact) mass is 376 g/mol. The molecule has 0 aromatic carbocycles. The van der Waals surface area contributed by atoms with Crippen molar-refractivity contribution in [3.8, 4) is 0 Å². The lowest BCUT2D eigenvalue weighted by molar-refractivity contribution is 0.156. The molecule has 150 valence electrons. The first-order chi connectivity index (χ1) is 13.2. The summed E-state index contributed by atoms with van der Waals surface area (Å²) in [7, 11) is 0. The summed E-state index contributed by atoms with van der Waals surface area (Å²) in [6.07, 6.45) is 6.31. The Bertz CT molecular complexity index is 731. The highest BCUT2D eigenvalue weighted by Gasteiger charge is 2.42. The molecule has 27 heavy (non-hydrogen) atoms. The molecule has 2 fully saturated rings. The zero-order chi connectivity index (χ0) is 18.7. The van der Waals surface area contributed by atoms with E-state index in [2.05, 4.69) is 22.2 Å². The second kappa shape index (κ2) is 8.04. The number of rotatable bonds is 5. The van der Waals surface area contributed by atoms with E-state index in [-0.39, 0.29) is 5.69 Å². The maximum absolute atomic E-state index is 12.4. The van der Waals surface area contributed by atoms with Crippen molar-refractivity contribution in [3.05, 3.63) is 16.3 Å². The van der Waals surface area contributed by atoms with Crippen molar-refractivity contribution < 1.29 is 4.74 Å². The lowest BCUT2D eigenvalue weighted by atomic mass is 9.87. The van der Waals surface area contributed by atoms with Crippen molar-refractivity contribution in [3.63, 3.8) is 0 Å². The number of nitrogens with one attached hydrogen (secondary N) is 1. The van der Waals surface area contributed by atoms with Gasteiger partial charge in [-0.3, -0.25) is 9.56 Å². The van der Waals surface area contributed by atoms with Gasteiger partial charge in [-0.15, -0.1) is 0 Å². The average Bonchev–Trinajstić information content (AvgIpc) is 3.40. The van der Waals surface area contributed by atoms with Crippen molar-refractivity contribution in [2.75, 3.05) is 39.4 Å². The molecule has 4 heterocycles. The summed E-state index contributed by atoms with van der Waals surface area (Å²) >= 11 is 0. The van der Waals surface area contributed by atoms with E-state index in [1.165, 1.54) is 6.42 Å². The molecule has 0 saturated carbocycles. The topological polar surface area (TPSA) is 76.7 Å². The van der Waals surface area contributed by atoms with E-state index >= 15 is 0 Å². The summed E-state index contributed by atoms with van der Waals surface area (Å²) in [5.74, 6) is 1.95. The molecule has 1 aromatic heterocycles. The molecule has 0 amide bonds. The summed E-state index contributed by atoms with van der Waals surface area (Å²) < 4.78 is 9.10. The Kier molecular flexibility index (Phi) is 5.52. The predicted octanol–water partition coefficient (Wildman–Crippen LogP) is 0.849. The Morgan fingerprint density at radius 2 is 2.26 bits per heavy atom. The molecule has 3 aliphatic rings. The third-order valence-corrected chi connectivity index (χ3v) is 6.08. The number of nitrogens with zero attached hydrogens (tertiary/aromatic N) is 5. The van der Waals surface area contributed by atoms with Crippen LogP contribution in [0.5, 0.6) is 0 Å². The minimum absolute atomic E-state index is 0.0447. The average molecular weight is 377 g/mol. The molecule has 3 aliphatic heterocycles. The van der Waals surface area contributed by atoms with Crippen LogP contribution in [0.25, 0.3) is 0 Å². The quantitative estimate of drug-likeness (QED) is 0.468. The van der Waals surface area contributed by atoms with Crippen LogP contribution in [-0.4, -0.2) is 64.6 Å². The number of aliphatic imine (C=N–C) groups is 1. The molecule has 0 radical (unpaired) electrons. The van der Waals surface area contributed by atoms with Gasteiger partial charge in [0.2, 0.25) is 0 Å². The second-order valence-electron chi connectivity index (χ2n) is 8.09. The Balaban J connectivity index is 1.33. The Morgan fingerprint density at radius 1 is 1.33 bits per heavy atom. The number of aryl methyl sites for hydroxylation is 2. The highest BCUT2D eigenvalue weighted by Crippen LogP contribution is 2.38. The number of ether oxygens (including phenoxy) is 1. The number of fused-ring (bicyclic) bond motifs is 1. The number of hydrogen-bond donors (Lipinski definition) is 1. The fraction of sp³-hybridized carbons (Fsp3) is 0.842. The Labute approximate surface area is 160 Å². The first-order valence-corrected chi connectivity index (χ1v) is 10.5. The second-order valence-corrected chi connectivity index (χ2v) is 8.09. The molecule has 1 aromatic rings. The van der Waals surface area contributed by atoms with E-state index in [9.17, 15) is 4.79 Å². The van der Waals surface area contributed by atoms with Crippen LogP contribution in [0.4, 0.5) is 0 Å². The number of aromatic nitrogens is 3. The lowest BCUT2D eigenvalue weighted by Gasteiger charge is -2.25. The summed E-state index contributed by atoms with van der Waals surface area (Å²) in [4.78, 5) is 19.6. The van der Waals surface area contributed by atoms with Crippen LogP contribution in [0.1, 0.15) is 44.9 Å². The molecule has 4 rings (SSSR count). The van der Waals surface area contributed by atoms with Crippen molar-refractivity contribution in [1.29, 1.82) is 0 Å². The molecule has 1 N–H and O–H groups in total. The predicted molar refractivity (Wildman–Crippen MR) is 104 cm³/mol. The van der Waals surface area contributed by atoms with Crippen LogP contribution in [0, 0.1) is 5.41 Å². The van der Waals surface area contributed by atoms with Crippen LogP contribution in [0.15, 0.2) is 9.79 Å². The Morgan fingerprint density at radius 3 is 3.04 bits per heavy atom. The van der Waals surface area contributed by atoms with Gasteiger partial charge in [0.25, 0.3) is 0 Å². The zero-order valence-corrected chi connectivity index (χ0v) is 16.5. The molecular formula is C19H32N6O2. The third-order valence-electron chi connectivity index (χ3n) is 6.08. The van der Waals surface area contributed by atoms with Crippen LogP contribution >= 0.6 is 0 Å². The van der Waals surface area contributed by atoms with Gasteiger partial charge in [0.05, 0.1) is 6.61 Å². The van der Waals surface area contributed by atoms with Gasteiger partial charge < -0.3 is 15.0 Å². The smallest absolute Gasteiger partial charge is 0.345 e. The number of guanidine groups is 1. The van der Waals surface area contributed by atoms with E-state index in [0.717, 1.165) is 83.3 Å². The molecule has 1 spiro atoms. The maximum Gasteiger partial charge on any atom is 0.345 e.